The third-order valence-corrected chi connectivity index (χ3v) is 3.06. The molecule has 0 radical (unpaired) electrons. The lowest BCUT2D eigenvalue weighted by Crippen LogP contribution is -2.29. The molecule has 1 rings (SSSR count). The molecule has 0 heterocycles. The Morgan fingerprint density at radius 3 is 2.76 bits per heavy atom. The number of nitrogens with one attached hydrogen (secondary N) is 2. The van der Waals surface area contributed by atoms with E-state index >= 15 is 0 Å². The van der Waals surface area contributed by atoms with Gasteiger partial charge in [0.1, 0.15) is 5.82 Å². The summed E-state index contributed by atoms with van der Waals surface area (Å²) in [6, 6.07) is 5.72. The minimum Gasteiger partial charge on any atom is -0.481 e. The van der Waals surface area contributed by atoms with Crippen LogP contribution in [-0.4, -0.2) is 30.1 Å². The average Bonchev–Trinajstić information content (AvgIpc) is 2.41. The van der Waals surface area contributed by atoms with Gasteiger partial charge in [-0.1, -0.05) is 13.0 Å². The number of carboxylic acid groups (broad SMARTS) is 1. The molecule has 0 saturated heterocycles. The van der Waals surface area contributed by atoms with Crippen LogP contribution in [0.5, 0.6) is 0 Å². The first-order valence-electron chi connectivity index (χ1n) is 6.95. The molecule has 1 aromatic carbocycles. The van der Waals surface area contributed by atoms with E-state index < -0.39 is 11.8 Å². The van der Waals surface area contributed by atoms with E-state index in [1.54, 1.807) is 6.07 Å². The van der Waals surface area contributed by atoms with Crippen molar-refractivity contribution < 1.29 is 19.1 Å². The molecule has 1 amide bonds. The van der Waals surface area contributed by atoms with Crippen molar-refractivity contribution in [3.05, 3.63) is 30.1 Å². The first-order valence-corrected chi connectivity index (χ1v) is 6.95. The molecule has 3 N–H and O–H groups in total. The Bertz CT molecular complexity index is 480. The Morgan fingerprint density at radius 1 is 1.33 bits per heavy atom. The molecule has 0 aliphatic rings. The van der Waals surface area contributed by atoms with E-state index in [1.807, 2.05) is 6.92 Å². The standard InChI is InChI=1S/C15H21FN2O3/c1-11(5-6-15(20)21)7-8-17-10-14(19)18-13-4-2-3-12(16)9-13/h2-4,9,11,17H,5-8,10H2,1H3,(H,18,19)(H,20,21). The van der Waals surface area contributed by atoms with Crippen molar-refractivity contribution >= 4 is 17.6 Å². The van der Waals surface area contributed by atoms with E-state index in [9.17, 15) is 14.0 Å². The van der Waals surface area contributed by atoms with Gasteiger partial charge in [-0.05, 0) is 43.5 Å². The molecule has 0 fully saturated rings. The van der Waals surface area contributed by atoms with Gasteiger partial charge in [-0.2, -0.15) is 0 Å². The molecule has 6 heteroatoms. The van der Waals surface area contributed by atoms with Gasteiger partial charge in [0.05, 0.1) is 6.54 Å². The molecular weight excluding hydrogens is 275 g/mol. The van der Waals surface area contributed by atoms with Gasteiger partial charge in [0, 0.05) is 12.1 Å². The molecular formula is C15H21FN2O3. The lowest BCUT2D eigenvalue weighted by atomic mass is 10.0. The van der Waals surface area contributed by atoms with Crippen LogP contribution in [0.25, 0.3) is 0 Å². The summed E-state index contributed by atoms with van der Waals surface area (Å²) in [4.78, 5) is 22.0. The van der Waals surface area contributed by atoms with E-state index in [1.165, 1.54) is 18.2 Å². The number of hydrogen-bond donors (Lipinski definition) is 3. The highest BCUT2D eigenvalue weighted by Gasteiger charge is 2.06. The Labute approximate surface area is 123 Å². The summed E-state index contributed by atoms with van der Waals surface area (Å²) in [5, 5.41) is 14.1. The van der Waals surface area contributed by atoms with Crippen LogP contribution in [-0.2, 0) is 9.59 Å². The lowest BCUT2D eigenvalue weighted by molar-refractivity contribution is -0.137. The fourth-order valence-corrected chi connectivity index (χ4v) is 1.84. The van der Waals surface area contributed by atoms with Gasteiger partial charge in [0.15, 0.2) is 0 Å². The monoisotopic (exact) mass is 296 g/mol. The van der Waals surface area contributed by atoms with Gasteiger partial charge >= 0.3 is 5.97 Å². The fourth-order valence-electron chi connectivity index (χ4n) is 1.84. The number of halogens is 1. The summed E-state index contributed by atoms with van der Waals surface area (Å²) in [7, 11) is 0. The quantitative estimate of drug-likeness (QED) is 0.611. The van der Waals surface area contributed by atoms with Crippen LogP contribution in [0.2, 0.25) is 0 Å². The van der Waals surface area contributed by atoms with E-state index in [2.05, 4.69) is 10.6 Å². The zero-order chi connectivity index (χ0) is 15.7. The van der Waals surface area contributed by atoms with E-state index in [0.717, 1.165) is 6.42 Å². The maximum Gasteiger partial charge on any atom is 0.303 e. The zero-order valence-electron chi connectivity index (χ0n) is 12.1. The van der Waals surface area contributed by atoms with Crippen molar-refractivity contribution in [3.63, 3.8) is 0 Å². The normalized spacial score (nSPS) is 11.9. The highest BCUT2D eigenvalue weighted by atomic mass is 19.1. The molecule has 0 aliphatic carbocycles. The largest absolute Gasteiger partial charge is 0.481 e. The lowest BCUT2D eigenvalue weighted by Gasteiger charge is -2.11. The van der Waals surface area contributed by atoms with Crippen LogP contribution >= 0.6 is 0 Å². The first kappa shape index (κ1) is 17.1. The van der Waals surface area contributed by atoms with Crippen LogP contribution in [0.1, 0.15) is 26.2 Å². The maximum absolute atomic E-state index is 12.9. The summed E-state index contributed by atoms with van der Waals surface area (Å²) in [6.07, 6.45) is 1.61. The van der Waals surface area contributed by atoms with Gasteiger partial charge in [0.2, 0.25) is 5.91 Å². The van der Waals surface area contributed by atoms with Crippen molar-refractivity contribution in [2.24, 2.45) is 5.92 Å². The topological polar surface area (TPSA) is 78.4 Å². The second-order valence-corrected chi connectivity index (χ2v) is 5.06. The summed E-state index contributed by atoms with van der Waals surface area (Å²) in [6.45, 7) is 2.76. The number of hydrogen-bond acceptors (Lipinski definition) is 3. The number of anilines is 1. The molecule has 116 valence electrons. The summed E-state index contributed by atoms with van der Waals surface area (Å²) in [5.74, 6) is -1.13. The zero-order valence-corrected chi connectivity index (χ0v) is 12.1. The molecule has 0 spiro atoms. The van der Waals surface area contributed by atoms with Gasteiger partial charge in [-0.15, -0.1) is 0 Å². The van der Waals surface area contributed by atoms with Crippen molar-refractivity contribution in [1.82, 2.24) is 5.32 Å². The van der Waals surface area contributed by atoms with Gasteiger partial charge in [0.25, 0.3) is 0 Å². The number of carbonyl (C=O) groups is 2. The van der Waals surface area contributed by atoms with E-state index in [0.29, 0.717) is 24.6 Å². The van der Waals surface area contributed by atoms with Crippen molar-refractivity contribution in [2.75, 3.05) is 18.4 Å². The number of rotatable bonds is 9. The van der Waals surface area contributed by atoms with Crippen LogP contribution in [0.3, 0.4) is 0 Å². The van der Waals surface area contributed by atoms with Crippen LogP contribution in [0.4, 0.5) is 10.1 Å². The second kappa shape index (κ2) is 9.07. The summed E-state index contributed by atoms with van der Waals surface area (Å²) < 4.78 is 12.9. The molecule has 0 aliphatic heterocycles. The van der Waals surface area contributed by atoms with Crippen molar-refractivity contribution in [2.45, 2.75) is 26.2 Å². The van der Waals surface area contributed by atoms with Crippen LogP contribution in [0, 0.1) is 11.7 Å². The van der Waals surface area contributed by atoms with Crippen molar-refractivity contribution in [1.29, 1.82) is 0 Å². The SMILES string of the molecule is CC(CCNCC(=O)Nc1cccc(F)c1)CCC(=O)O. The molecule has 5 nitrogen and oxygen atoms in total. The first-order chi connectivity index (χ1) is 9.97. The minimum absolute atomic E-state index is 0.141. The molecule has 0 aromatic heterocycles. The molecule has 1 atom stereocenters. The molecule has 0 saturated carbocycles. The predicted octanol–water partition coefficient (Wildman–Crippen LogP) is 2.24. The number of benzene rings is 1. The number of carboxylic acids is 1. The number of aliphatic carboxylic acids is 1. The second-order valence-electron chi connectivity index (χ2n) is 5.06. The Kier molecular flexibility index (Phi) is 7.39. The summed E-state index contributed by atoms with van der Waals surface area (Å²) >= 11 is 0. The van der Waals surface area contributed by atoms with Gasteiger partial charge < -0.3 is 15.7 Å². The fraction of sp³-hybridized carbons (Fsp3) is 0.467. The number of carbonyl (C=O) groups excluding carboxylic acids is 1. The van der Waals surface area contributed by atoms with Crippen LogP contribution in [0.15, 0.2) is 24.3 Å². The van der Waals surface area contributed by atoms with E-state index in [-0.39, 0.29) is 18.9 Å². The average molecular weight is 296 g/mol. The Morgan fingerprint density at radius 2 is 2.10 bits per heavy atom. The van der Waals surface area contributed by atoms with Gasteiger partial charge in [-0.25, -0.2) is 4.39 Å². The van der Waals surface area contributed by atoms with Gasteiger partial charge in [-0.3, -0.25) is 9.59 Å². The minimum atomic E-state index is -0.788. The molecule has 0 bridgehead atoms. The molecule has 1 aromatic rings. The third-order valence-electron chi connectivity index (χ3n) is 3.06. The third kappa shape index (κ3) is 8.04. The van der Waals surface area contributed by atoms with Crippen molar-refractivity contribution in [3.8, 4) is 0 Å². The summed E-state index contributed by atoms with van der Waals surface area (Å²) in [5.41, 5.74) is 0.427. The highest BCUT2D eigenvalue weighted by molar-refractivity contribution is 5.92. The predicted molar refractivity (Wildman–Crippen MR) is 78.6 cm³/mol. The maximum atomic E-state index is 12.9. The highest BCUT2D eigenvalue weighted by Crippen LogP contribution is 2.10. The van der Waals surface area contributed by atoms with Crippen LogP contribution < -0.4 is 10.6 Å². The number of amides is 1. The Balaban J connectivity index is 2.15. The molecule has 1 unspecified atom stereocenters. The smallest absolute Gasteiger partial charge is 0.303 e. The molecule has 21 heavy (non-hydrogen) atoms. The van der Waals surface area contributed by atoms with E-state index in [4.69, 9.17) is 5.11 Å². The Hall–Kier alpha value is -1.95.